The topological polar surface area (TPSA) is 73.1 Å². The largest absolute Gasteiger partial charge is 0.378 e. The Morgan fingerprint density at radius 2 is 2.00 bits per heavy atom. The lowest BCUT2D eigenvalue weighted by atomic mass is 10.1. The zero-order valence-electron chi connectivity index (χ0n) is 15.0. The summed E-state index contributed by atoms with van der Waals surface area (Å²) in [5, 5.41) is 0.954. The molecule has 0 bridgehead atoms. The molecule has 3 heterocycles. The van der Waals surface area contributed by atoms with Crippen LogP contribution in [0.25, 0.3) is 22.2 Å². The Morgan fingerprint density at radius 3 is 2.73 bits per heavy atom. The number of aryl methyl sites for hydroxylation is 1. The molecule has 1 aromatic carbocycles. The van der Waals surface area contributed by atoms with Gasteiger partial charge in [-0.3, -0.25) is 4.79 Å². The second kappa shape index (κ2) is 6.84. The molecule has 2 aromatic heterocycles. The molecular weight excluding hydrogens is 330 g/mol. The molecule has 0 atom stereocenters. The normalized spacial score (nSPS) is 14.8. The van der Waals surface area contributed by atoms with E-state index >= 15 is 0 Å². The number of rotatable bonds is 3. The molecule has 1 aliphatic rings. The quantitative estimate of drug-likeness (QED) is 0.719. The number of hydrogen-bond donors (Lipinski definition) is 0. The smallest absolute Gasteiger partial charge is 0.230 e. The van der Waals surface area contributed by atoms with Gasteiger partial charge in [0.1, 0.15) is 11.6 Å². The molecular formula is C19H21N5O2. The molecule has 7 heteroatoms. The van der Waals surface area contributed by atoms with Crippen LogP contribution in [0.4, 0.5) is 0 Å². The third-order valence-electron chi connectivity index (χ3n) is 4.82. The predicted octanol–water partition coefficient (Wildman–Crippen LogP) is 1.74. The van der Waals surface area contributed by atoms with Gasteiger partial charge in [-0.25, -0.2) is 15.0 Å². The molecule has 7 nitrogen and oxygen atoms in total. The van der Waals surface area contributed by atoms with Crippen molar-refractivity contribution in [2.75, 3.05) is 26.3 Å². The summed E-state index contributed by atoms with van der Waals surface area (Å²) in [5.74, 6) is 1.55. The molecule has 0 unspecified atom stereocenters. The first-order valence-electron chi connectivity index (χ1n) is 8.72. The van der Waals surface area contributed by atoms with Gasteiger partial charge in [0.2, 0.25) is 5.91 Å². The molecule has 0 saturated carbocycles. The van der Waals surface area contributed by atoms with Crippen LogP contribution in [0.5, 0.6) is 0 Å². The summed E-state index contributed by atoms with van der Waals surface area (Å²) in [4.78, 5) is 27.6. The van der Waals surface area contributed by atoms with Gasteiger partial charge < -0.3 is 14.2 Å². The molecule has 0 radical (unpaired) electrons. The zero-order valence-corrected chi connectivity index (χ0v) is 15.0. The number of aromatic nitrogens is 4. The number of nitrogens with zero attached hydrogens (tertiary/aromatic N) is 5. The van der Waals surface area contributed by atoms with E-state index in [1.165, 1.54) is 0 Å². The SMILES string of the molecule is Cc1ncc(-c2ccc3cnc(CC(=O)N4CCOCC4)nc3c2)n1C. The summed E-state index contributed by atoms with van der Waals surface area (Å²) in [5.41, 5.74) is 2.92. The summed E-state index contributed by atoms with van der Waals surface area (Å²) in [6, 6.07) is 6.07. The van der Waals surface area contributed by atoms with Crippen LogP contribution >= 0.6 is 0 Å². The Morgan fingerprint density at radius 1 is 1.19 bits per heavy atom. The van der Waals surface area contributed by atoms with E-state index in [2.05, 4.69) is 15.0 Å². The maximum atomic E-state index is 12.4. The molecule has 1 saturated heterocycles. The van der Waals surface area contributed by atoms with Gasteiger partial charge in [-0.05, 0) is 13.0 Å². The number of carbonyl (C=O) groups excluding carboxylic acids is 1. The Kier molecular flexibility index (Phi) is 4.38. The molecule has 4 rings (SSSR count). The lowest BCUT2D eigenvalue weighted by Gasteiger charge is -2.26. The summed E-state index contributed by atoms with van der Waals surface area (Å²) in [6.07, 6.45) is 3.86. The van der Waals surface area contributed by atoms with E-state index in [0.29, 0.717) is 32.1 Å². The highest BCUT2D eigenvalue weighted by molar-refractivity contribution is 5.84. The van der Waals surface area contributed by atoms with Crippen molar-refractivity contribution in [1.82, 2.24) is 24.4 Å². The van der Waals surface area contributed by atoms with Crippen molar-refractivity contribution in [2.45, 2.75) is 13.3 Å². The highest BCUT2D eigenvalue weighted by Gasteiger charge is 2.18. The maximum Gasteiger partial charge on any atom is 0.230 e. The summed E-state index contributed by atoms with van der Waals surface area (Å²) in [7, 11) is 1.99. The van der Waals surface area contributed by atoms with Crippen molar-refractivity contribution in [2.24, 2.45) is 7.05 Å². The van der Waals surface area contributed by atoms with Crippen molar-refractivity contribution in [3.05, 3.63) is 42.2 Å². The highest BCUT2D eigenvalue weighted by Crippen LogP contribution is 2.23. The van der Waals surface area contributed by atoms with Crippen LogP contribution in [0, 0.1) is 6.92 Å². The molecule has 1 amide bonds. The van der Waals surface area contributed by atoms with Crippen LogP contribution in [-0.4, -0.2) is 56.6 Å². The fourth-order valence-electron chi connectivity index (χ4n) is 3.14. The molecule has 0 aliphatic carbocycles. The van der Waals surface area contributed by atoms with E-state index in [1.807, 2.05) is 47.8 Å². The third kappa shape index (κ3) is 3.17. The Bertz CT molecular complexity index is 960. The number of hydrogen-bond acceptors (Lipinski definition) is 5. The molecule has 1 fully saturated rings. The van der Waals surface area contributed by atoms with Gasteiger partial charge in [-0.15, -0.1) is 0 Å². The van der Waals surface area contributed by atoms with Gasteiger partial charge in [0.05, 0.1) is 37.0 Å². The molecule has 0 N–H and O–H groups in total. The lowest BCUT2D eigenvalue weighted by molar-refractivity contribution is -0.134. The summed E-state index contributed by atoms with van der Waals surface area (Å²) < 4.78 is 7.34. The number of ether oxygens (including phenoxy) is 1. The summed E-state index contributed by atoms with van der Waals surface area (Å²) >= 11 is 0. The minimum absolute atomic E-state index is 0.0473. The molecule has 134 valence electrons. The zero-order chi connectivity index (χ0) is 18.1. The van der Waals surface area contributed by atoms with E-state index in [1.54, 1.807) is 6.20 Å². The van der Waals surface area contributed by atoms with Gasteiger partial charge in [-0.2, -0.15) is 0 Å². The number of benzene rings is 1. The van der Waals surface area contributed by atoms with Gasteiger partial charge in [0, 0.05) is 37.3 Å². The fourth-order valence-corrected chi connectivity index (χ4v) is 3.14. The van der Waals surface area contributed by atoms with E-state index in [0.717, 1.165) is 28.0 Å². The van der Waals surface area contributed by atoms with Crippen LogP contribution in [0.1, 0.15) is 11.6 Å². The number of amides is 1. The van der Waals surface area contributed by atoms with Crippen molar-refractivity contribution in [3.63, 3.8) is 0 Å². The Balaban J connectivity index is 1.61. The van der Waals surface area contributed by atoms with Crippen molar-refractivity contribution < 1.29 is 9.53 Å². The third-order valence-corrected chi connectivity index (χ3v) is 4.82. The van der Waals surface area contributed by atoms with Crippen molar-refractivity contribution in [1.29, 1.82) is 0 Å². The van der Waals surface area contributed by atoms with E-state index in [9.17, 15) is 4.79 Å². The standard InChI is InChI=1S/C19H21N5O2/c1-13-20-12-17(23(13)2)14-3-4-15-11-21-18(22-16(15)9-14)10-19(25)24-5-7-26-8-6-24/h3-4,9,11-12H,5-8,10H2,1-2H3. The predicted molar refractivity (Wildman–Crippen MR) is 97.6 cm³/mol. The minimum Gasteiger partial charge on any atom is -0.378 e. The lowest BCUT2D eigenvalue weighted by Crippen LogP contribution is -2.41. The second-order valence-electron chi connectivity index (χ2n) is 6.48. The van der Waals surface area contributed by atoms with Gasteiger partial charge in [0.25, 0.3) is 0 Å². The van der Waals surface area contributed by atoms with Gasteiger partial charge in [0.15, 0.2) is 0 Å². The number of imidazole rings is 1. The first kappa shape index (κ1) is 16.7. The molecule has 3 aromatic rings. The van der Waals surface area contributed by atoms with Crippen LogP contribution in [0.15, 0.2) is 30.6 Å². The fraction of sp³-hybridized carbons (Fsp3) is 0.368. The molecule has 26 heavy (non-hydrogen) atoms. The Labute approximate surface area is 151 Å². The van der Waals surface area contributed by atoms with E-state index < -0.39 is 0 Å². The maximum absolute atomic E-state index is 12.4. The highest BCUT2D eigenvalue weighted by atomic mass is 16.5. The number of morpholine rings is 1. The number of fused-ring (bicyclic) bond motifs is 1. The Hall–Kier alpha value is -2.80. The van der Waals surface area contributed by atoms with E-state index in [4.69, 9.17) is 4.74 Å². The first-order chi connectivity index (χ1) is 12.6. The van der Waals surface area contributed by atoms with Crippen LogP contribution in [0.3, 0.4) is 0 Å². The van der Waals surface area contributed by atoms with Crippen LogP contribution in [0.2, 0.25) is 0 Å². The summed E-state index contributed by atoms with van der Waals surface area (Å²) in [6.45, 7) is 4.43. The first-order valence-corrected chi connectivity index (χ1v) is 8.72. The average Bonchev–Trinajstić information content (AvgIpc) is 3.00. The van der Waals surface area contributed by atoms with E-state index in [-0.39, 0.29) is 12.3 Å². The van der Waals surface area contributed by atoms with Gasteiger partial charge >= 0.3 is 0 Å². The second-order valence-corrected chi connectivity index (χ2v) is 6.48. The van der Waals surface area contributed by atoms with Gasteiger partial charge in [-0.1, -0.05) is 12.1 Å². The monoisotopic (exact) mass is 351 g/mol. The van der Waals surface area contributed by atoms with Crippen molar-refractivity contribution in [3.8, 4) is 11.3 Å². The average molecular weight is 351 g/mol. The van der Waals surface area contributed by atoms with Crippen molar-refractivity contribution >= 4 is 16.8 Å². The molecule has 1 aliphatic heterocycles. The van der Waals surface area contributed by atoms with Crippen LogP contribution < -0.4 is 0 Å². The number of carbonyl (C=O) groups is 1. The minimum atomic E-state index is 0.0473. The molecule has 0 spiro atoms. The van der Waals surface area contributed by atoms with Crippen LogP contribution in [-0.2, 0) is 23.0 Å².